The normalized spacial score (nSPS) is 10.9. The number of amides is 1. The van der Waals surface area contributed by atoms with Crippen LogP contribution in [-0.2, 0) is 17.9 Å². The fourth-order valence-electron chi connectivity index (χ4n) is 2.34. The molecule has 2 aromatic carbocycles. The monoisotopic (exact) mass is 447 g/mol. The fraction of sp³-hybridized carbons (Fsp3) is 0.105. The van der Waals surface area contributed by atoms with Crippen LogP contribution in [0.1, 0.15) is 11.1 Å². The summed E-state index contributed by atoms with van der Waals surface area (Å²) in [4.78, 5) is 21.8. The van der Waals surface area contributed by atoms with Crippen molar-refractivity contribution >= 4 is 41.0 Å². The second-order valence-electron chi connectivity index (χ2n) is 6.04. The van der Waals surface area contributed by atoms with Crippen molar-refractivity contribution in [1.82, 2.24) is 15.2 Å². The molecular formula is C19H15Cl2N5O4. The number of rotatable bonds is 8. The van der Waals surface area contributed by atoms with Crippen LogP contribution in [0, 0.1) is 10.1 Å². The van der Waals surface area contributed by atoms with Crippen LogP contribution in [0.4, 0.5) is 5.69 Å². The first-order valence-electron chi connectivity index (χ1n) is 8.56. The van der Waals surface area contributed by atoms with Gasteiger partial charge in [-0.2, -0.15) is 10.2 Å². The predicted molar refractivity (Wildman–Crippen MR) is 112 cm³/mol. The van der Waals surface area contributed by atoms with Crippen molar-refractivity contribution in [1.29, 1.82) is 0 Å². The van der Waals surface area contributed by atoms with E-state index in [2.05, 4.69) is 15.6 Å². The molecule has 0 unspecified atom stereocenters. The third-order valence-corrected chi connectivity index (χ3v) is 4.42. The van der Waals surface area contributed by atoms with Crippen molar-refractivity contribution < 1.29 is 14.5 Å². The number of hydrogen-bond acceptors (Lipinski definition) is 6. The summed E-state index contributed by atoms with van der Waals surface area (Å²) in [5.41, 5.74) is 3.70. The maximum Gasteiger partial charge on any atom is 0.307 e. The highest BCUT2D eigenvalue weighted by Gasteiger charge is 2.10. The van der Waals surface area contributed by atoms with E-state index in [-0.39, 0.29) is 12.2 Å². The van der Waals surface area contributed by atoms with E-state index in [0.717, 1.165) is 22.0 Å². The third-order valence-electron chi connectivity index (χ3n) is 3.83. The van der Waals surface area contributed by atoms with Gasteiger partial charge in [-0.05, 0) is 42.0 Å². The Morgan fingerprint density at radius 2 is 2.03 bits per heavy atom. The number of nitrogens with one attached hydrogen (secondary N) is 1. The zero-order valence-corrected chi connectivity index (χ0v) is 16.9. The van der Waals surface area contributed by atoms with Gasteiger partial charge in [0, 0.05) is 15.6 Å². The van der Waals surface area contributed by atoms with Gasteiger partial charge >= 0.3 is 5.69 Å². The zero-order chi connectivity index (χ0) is 21.5. The highest BCUT2D eigenvalue weighted by Crippen LogP contribution is 2.22. The van der Waals surface area contributed by atoms with Gasteiger partial charge in [-0.15, -0.1) is 0 Å². The van der Waals surface area contributed by atoms with Crippen molar-refractivity contribution in [2.75, 3.05) is 0 Å². The lowest BCUT2D eigenvalue weighted by Crippen LogP contribution is -2.23. The molecule has 0 aliphatic carbocycles. The largest absolute Gasteiger partial charge is 0.489 e. The van der Waals surface area contributed by atoms with Crippen molar-refractivity contribution in [2.24, 2.45) is 5.10 Å². The van der Waals surface area contributed by atoms with E-state index in [1.807, 2.05) is 0 Å². The van der Waals surface area contributed by atoms with Gasteiger partial charge in [0.05, 0.1) is 11.1 Å². The Labute approximate surface area is 181 Å². The summed E-state index contributed by atoms with van der Waals surface area (Å²) in [5.74, 6) is 0.173. The lowest BCUT2D eigenvalue weighted by Gasteiger charge is -2.08. The molecule has 0 atom stereocenters. The minimum atomic E-state index is -0.586. The minimum Gasteiger partial charge on any atom is -0.489 e. The number of hydrogen-bond donors (Lipinski definition) is 1. The van der Waals surface area contributed by atoms with Crippen LogP contribution < -0.4 is 10.2 Å². The summed E-state index contributed by atoms with van der Waals surface area (Å²) in [7, 11) is 0. The van der Waals surface area contributed by atoms with Gasteiger partial charge in [-0.25, -0.2) is 5.43 Å². The molecule has 0 bridgehead atoms. The van der Waals surface area contributed by atoms with Gasteiger partial charge < -0.3 is 4.74 Å². The van der Waals surface area contributed by atoms with E-state index in [0.29, 0.717) is 22.4 Å². The summed E-state index contributed by atoms with van der Waals surface area (Å²) >= 11 is 12.0. The van der Waals surface area contributed by atoms with Gasteiger partial charge in [0.2, 0.25) is 0 Å². The first-order valence-corrected chi connectivity index (χ1v) is 9.32. The Balaban J connectivity index is 1.47. The first kappa shape index (κ1) is 21.3. The molecule has 3 rings (SSSR count). The van der Waals surface area contributed by atoms with Crippen LogP contribution in [0.5, 0.6) is 5.75 Å². The van der Waals surface area contributed by atoms with Crippen LogP contribution in [0.3, 0.4) is 0 Å². The van der Waals surface area contributed by atoms with Crippen LogP contribution in [-0.4, -0.2) is 26.8 Å². The van der Waals surface area contributed by atoms with Gasteiger partial charge in [0.1, 0.15) is 31.3 Å². The van der Waals surface area contributed by atoms with E-state index in [1.54, 1.807) is 42.5 Å². The molecule has 1 N–H and O–H groups in total. The number of carbonyl (C=O) groups is 1. The highest BCUT2D eigenvalue weighted by molar-refractivity contribution is 6.35. The molecule has 1 amide bonds. The van der Waals surface area contributed by atoms with Gasteiger partial charge in [-0.1, -0.05) is 29.3 Å². The molecule has 0 saturated heterocycles. The van der Waals surface area contributed by atoms with Crippen molar-refractivity contribution in [3.63, 3.8) is 0 Å². The molecule has 0 aliphatic rings. The third kappa shape index (κ3) is 6.03. The first-order chi connectivity index (χ1) is 14.4. The van der Waals surface area contributed by atoms with Gasteiger partial charge in [0.25, 0.3) is 5.91 Å². The highest BCUT2D eigenvalue weighted by atomic mass is 35.5. The van der Waals surface area contributed by atoms with Crippen molar-refractivity contribution in [3.8, 4) is 5.75 Å². The van der Waals surface area contributed by atoms with E-state index in [4.69, 9.17) is 27.9 Å². The number of ether oxygens (including phenoxy) is 1. The topological polar surface area (TPSA) is 112 Å². The number of carbonyl (C=O) groups excluding carboxylic acids is 1. The predicted octanol–water partition coefficient (Wildman–Crippen LogP) is 3.83. The molecule has 0 aliphatic heterocycles. The number of nitro groups is 1. The average Bonchev–Trinajstić information content (AvgIpc) is 3.17. The Morgan fingerprint density at radius 1 is 1.27 bits per heavy atom. The fourth-order valence-corrected chi connectivity index (χ4v) is 2.81. The van der Waals surface area contributed by atoms with Crippen molar-refractivity contribution in [3.05, 3.63) is 86.1 Å². The summed E-state index contributed by atoms with van der Waals surface area (Å²) in [6.07, 6.45) is 3.70. The van der Waals surface area contributed by atoms with Crippen LogP contribution in [0.2, 0.25) is 10.0 Å². The second kappa shape index (κ2) is 9.86. The lowest BCUT2D eigenvalue weighted by molar-refractivity contribution is -0.385. The molecule has 154 valence electrons. The van der Waals surface area contributed by atoms with E-state index in [9.17, 15) is 14.9 Å². The molecule has 0 radical (unpaired) electrons. The molecule has 3 aromatic rings. The van der Waals surface area contributed by atoms with E-state index >= 15 is 0 Å². The number of nitrogens with zero attached hydrogens (tertiary/aromatic N) is 4. The number of benzene rings is 2. The molecule has 0 saturated carbocycles. The van der Waals surface area contributed by atoms with Crippen LogP contribution in [0.15, 0.2) is 60.0 Å². The molecule has 0 spiro atoms. The average molecular weight is 448 g/mol. The Morgan fingerprint density at radius 3 is 2.70 bits per heavy atom. The Kier molecular flexibility index (Phi) is 6.99. The summed E-state index contributed by atoms with van der Waals surface area (Å²) in [6.45, 7) is 0.107. The summed E-state index contributed by atoms with van der Waals surface area (Å²) < 4.78 is 6.85. The zero-order valence-electron chi connectivity index (χ0n) is 15.4. The minimum absolute atomic E-state index is 0.188. The van der Waals surface area contributed by atoms with E-state index in [1.165, 1.54) is 12.4 Å². The summed E-state index contributed by atoms with van der Waals surface area (Å²) in [5, 5.41) is 19.3. The standard InChI is InChI=1S/C19H15Cl2N5O4/c20-15-4-3-14(18(21)7-15)12-30-17-5-1-13(2-6-17)8-22-24-19(27)11-25-10-16(9-23-25)26(28)29/h1-10H,11-12H2,(H,24,27). The quantitative estimate of drug-likeness (QED) is 0.320. The van der Waals surface area contributed by atoms with Gasteiger partial charge in [0.15, 0.2) is 0 Å². The smallest absolute Gasteiger partial charge is 0.307 e. The summed E-state index contributed by atoms with van der Waals surface area (Å²) in [6, 6.07) is 12.3. The molecule has 0 fully saturated rings. The lowest BCUT2D eigenvalue weighted by atomic mass is 10.2. The Bertz CT molecular complexity index is 1080. The molecular weight excluding hydrogens is 433 g/mol. The van der Waals surface area contributed by atoms with E-state index < -0.39 is 10.8 Å². The molecule has 30 heavy (non-hydrogen) atoms. The molecule has 1 aromatic heterocycles. The molecule has 9 nitrogen and oxygen atoms in total. The maximum atomic E-state index is 11.8. The van der Waals surface area contributed by atoms with Crippen LogP contribution >= 0.6 is 23.2 Å². The number of hydrazone groups is 1. The molecule has 11 heteroatoms. The molecule has 1 heterocycles. The number of halogens is 2. The number of aromatic nitrogens is 2. The second-order valence-corrected chi connectivity index (χ2v) is 6.88. The SMILES string of the molecule is O=C(Cn1cc([N+](=O)[O-])cn1)NN=Cc1ccc(OCc2ccc(Cl)cc2Cl)cc1. The maximum absolute atomic E-state index is 11.8. The Hall–Kier alpha value is -3.43. The van der Waals surface area contributed by atoms with Gasteiger partial charge in [-0.3, -0.25) is 19.6 Å². The van der Waals surface area contributed by atoms with Crippen molar-refractivity contribution in [2.45, 2.75) is 13.2 Å². The van der Waals surface area contributed by atoms with Crippen LogP contribution in [0.25, 0.3) is 0 Å².